The molecule has 2 aromatic carbocycles. The topological polar surface area (TPSA) is 307 Å². The highest BCUT2D eigenvalue weighted by atomic mass is 79.9. The van der Waals surface area contributed by atoms with Gasteiger partial charge in [0.15, 0.2) is 0 Å². The Labute approximate surface area is 525 Å². The molecular formula is C61H85Br2ClN8O14. The molecule has 2 aromatic rings. The van der Waals surface area contributed by atoms with Crippen LogP contribution in [0.2, 0.25) is 5.02 Å². The average Bonchev–Trinajstić information content (AvgIpc) is 1.59. The molecule has 0 radical (unpaired) electrons. The van der Waals surface area contributed by atoms with Crippen molar-refractivity contribution in [3.05, 3.63) is 81.9 Å². The molecule has 0 saturated carbocycles. The number of hydrogen-bond donors (Lipinski definition) is 7. The molecule has 0 aliphatic carbocycles. The van der Waals surface area contributed by atoms with Crippen LogP contribution in [0.4, 0.5) is 16.2 Å². The number of benzene rings is 2. The maximum atomic E-state index is 14.6. The average molecular weight is 1350 g/mol. The van der Waals surface area contributed by atoms with Crippen molar-refractivity contribution in [1.29, 1.82) is 0 Å². The van der Waals surface area contributed by atoms with Crippen LogP contribution in [0.5, 0.6) is 0 Å². The first kappa shape index (κ1) is 70.8. The van der Waals surface area contributed by atoms with Crippen LogP contribution in [0.25, 0.3) is 0 Å². The quantitative estimate of drug-likeness (QED) is 0.0256. The molecule has 2 saturated heterocycles. The van der Waals surface area contributed by atoms with Crippen molar-refractivity contribution in [2.24, 2.45) is 23.5 Å². The number of nitrogens with one attached hydrogen (secondary N) is 5. The summed E-state index contributed by atoms with van der Waals surface area (Å²) in [6.45, 7) is 12.7. The highest BCUT2D eigenvalue weighted by Crippen LogP contribution is 2.50. The number of allylic oxidation sites excluding steroid dienone is 3. The maximum absolute atomic E-state index is 14.6. The van der Waals surface area contributed by atoms with E-state index in [2.05, 4.69) is 58.4 Å². The molecule has 0 unspecified atom stereocenters. The number of aliphatic hydroxyl groups is 1. The number of unbranched alkanes of at least 4 members (excludes halogenated alkanes) is 2. The first-order chi connectivity index (χ1) is 40.6. The number of aryl methyl sites for hydroxylation is 1. The molecule has 4 bridgehead atoms. The third kappa shape index (κ3) is 19.0. The molecule has 2 fully saturated rings. The van der Waals surface area contributed by atoms with Crippen LogP contribution in [-0.2, 0) is 58.9 Å². The van der Waals surface area contributed by atoms with Gasteiger partial charge < -0.3 is 66.2 Å². The van der Waals surface area contributed by atoms with Crippen molar-refractivity contribution >= 4 is 108 Å². The summed E-state index contributed by atoms with van der Waals surface area (Å²) in [6.07, 6.45) is 3.31. The number of anilines is 2. The lowest BCUT2D eigenvalue weighted by molar-refractivity contribution is -0.187. The molecule has 0 spiro atoms. The Bertz CT molecular complexity index is 2860. The second-order valence-corrected chi connectivity index (χ2v) is 24.8. The second-order valence-electron chi connectivity index (χ2n) is 23.2. The summed E-state index contributed by atoms with van der Waals surface area (Å²) in [4.78, 5) is 125. The van der Waals surface area contributed by atoms with Gasteiger partial charge >= 0.3 is 18.0 Å². The van der Waals surface area contributed by atoms with Crippen LogP contribution in [0.15, 0.2) is 60.2 Å². The summed E-state index contributed by atoms with van der Waals surface area (Å²) in [6, 6.07) is 5.39. The van der Waals surface area contributed by atoms with Crippen LogP contribution < -0.4 is 37.2 Å². The Kier molecular flexibility index (Phi) is 26.6. The number of carbonyl (C=O) groups is 9. The minimum atomic E-state index is -1.66. The first-order valence-corrected chi connectivity index (χ1v) is 31.6. The third-order valence-electron chi connectivity index (χ3n) is 16.1. The minimum Gasteiger partial charge on any atom is -0.462 e. The Hall–Kier alpha value is -5.92. The number of esters is 2. The number of carbonyl (C=O) groups excluding carboxylic acids is 9. The van der Waals surface area contributed by atoms with Gasteiger partial charge in [-0.15, -0.1) is 0 Å². The number of alkyl halides is 2. The number of para-hydroxylation sites is 1. The zero-order valence-electron chi connectivity index (χ0n) is 50.7. The van der Waals surface area contributed by atoms with Crippen molar-refractivity contribution in [3.63, 3.8) is 0 Å². The smallest absolute Gasteiger partial charge is 0.328 e. The summed E-state index contributed by atoms with van der Waals surface area (Å²) in [7, 11) is 4.38. The van der Waals surface area contributed by atoms with Gasteiger partial charge in [-0.1, -0.05) is 113 Å². The predicted octanol–water partition coefficient (Wildman–Crippen LogP) is 6.47. The zero-order chi connectivity index (χ0) is 63.8. The molecule has 8 N–H and O–H groups in total. The Balaban J connectivity index is 1.35. The van der Waals surface area contributed by atoms with Gasteiger partial charge in [-0.25, -0.2) is 9.59 Å². The third-order valence-corrected chi connectivity index (χ3v) is 18.2. The molecule has 474 valence electrons. The monoisotopic (exact) mass is 1350 g/mol. The van der Waals surface area contributed by atoms with Crippen LogP contribution >= 0.6 is 43.5 Å². The van der Waals surface area contributed by atoms with Gasteiger partial charge in [0.2, 0.25) is 29.5 Å². The SMILES string of the molecule is CO[C@@H]1/C=C/C=C(\C)Cc2cc(C)c(Cl)c(c2)N(C)C(=O)C[C@H](OC(=O)[C@H](C)N(C)C(=O)c2ccccc2NC(=O)[C@H](CCCNC(N)=O)NC(=O)[C@@H](NC(=O)CCCCCNC(=O)C(CBr)CBr)C(C)C)[C@]2(C)O[C@H]2[C@H](C)[C@@H]2C[C@@]1(O)CC(=O)O2. The molecule has 22 nitrogen and oxygen atoms in total. The number of epoxide rings is 1. The van der Waals surface area contributed by atoms with Crippen molar-refractivity contribution < 1.29 is 67.2 Å². The van der Waals surface area contributed by atoms with Crippen molar-refractivity contribution in [1.82, 2.24) is 26.2 Å². The predicted molar refractivity (Wildman–Crippen MR) is 333 cm³/mol. The Morgan fingerprint density at radius 1 is 0.953 bits per heavy atom. The van der Waals surface area contributed by atoms with Gasteiger partial charge in [0.25, 0.3) is 5.91 Å². The number of halogens is 3. The van der Waals surface area contributed by atoms with E-state index in [-0.39, 0.29) is 67.6 Å². The highest BCUT2D eigenvalue weighted by molar-refractivity contribution is 9.09. The minimum absolute atomic E-state index is 0.00391. The van der Waals surface area contributed by atoms with E-state index in [4.69, 9.17) is 36.3 Å². The van der Waals surface area contributed by atoms with Gasteiger partial charge in [0, 0.05) is 63.7 Å². The van der Waals surface area contributed by atoms with Gasteiger partial charge in [-0.05, 0) is 95.0 Å². The van der Waals surface area contributed by atoms with Gasteiger partial charge in [0.1, 0.15) is 47.6 Å². The number of amides is 8. The van der Waals surface area contributed by atoms with E-state index in [1.54, 1.807) is 59.0 Å². The fraction of sp³-hybridized carbons (Fsp3) is 0.590. The van der Waals surface area contributed by atoms with Crippen LogP contribution in [0.3, 0.4) is 0 Å². The molecule has 3 heterocycles. The van der Waals surface area contributed by atoms with Crippen LogP contribution in [0, 0.1) is 24.7 Å². The van der Waals surface area contributed by atoms with E-state index in [0.29, 0.717) is 53.6 Å². The van der Waals surface area contributed by atoms with Gasteiger partial charge in [0.05, 0.1) is 46.8 Å². The summed E-state index contributed by atoms with van der Waals surface area (Å²) >= 11 is 13.5. The van der Waals surface area contributed by atoms with Crippen molar-refractivity contribution in [2.45, 2.75) is 166 Å². The molecule has 3 aliphatic heterocycles. The lowest BCUT2D eigenvalue weighted by Gasteiger charge is -2.41. The van der Waals surface area contributed by atoms with Gasteiger partial charge in [-0.3, -0.25) is 33.6 Å². The van der Waals surface area contributed by atoms with E-state index < -0.39 is 114 Å². The Morgan fingerprint density at radius 3 is 2.30 bits per heavy atom. The molecular weight excluding hydrogens is 1260 g/mol. The van der Waals surface area contributed by atoms with Crippen LogP contribution in [0.1, 0.15) is 121 Å². The number of ether oxygens (including phenoxy) is 4. The number of fused-ring (bicyclic) bond motifs is 5. The molecule has 25 heteroatoms. The summed E-state index contributed by atoms with van der Waals surface area (Å²) in [5, 5.41) is 27.1. The number of likely N-dealkylation sites (N-methyl/N-ethyl adjacent to an activating group) is 1. The fourth-order valence-electron chi connectivity index (χ4n) is 10.6. The summed E-state index contributed by atoms with van der Waals surface area (Å²) < 4.78 is 24.2. The lowest BCUT2D eigenvalue weighted by atomic mass is 9.78. The number of urea groups is 1. The molecule has 10 atom stereocenters. The van der Waals surface area contributed by atoms with Crippen molar-refractivity contribution in [3.8, 4) is 0 Å². The normalized spacial score (nSPS) is 24.3. The van der Waals surface area contributed by atoms with Gasteiger partial charge in [-0.2, -0.15) is 0 Å². The van der Waals surface area contributed by atoms with E-state index in [1.807, 2.05) is 32.1 Å². The van der Waals surface area contributed by atoms with Crippen molar-refractivity contribution in [2.75, 3.05) is 55.2 Å². The number of nitrogens with two attached hydrogens (primary N) is 1. The van der Waals surface area contributed by atoms with E-state index >= 15 is 0 Å². The number of methoxy groups -OCH3 is 1. The van der Waals surface area contributed by atoms with E-state index in [0.717, 1.165) is 21.6 Å². The summed E-state index contributed by atoms with van der Waals surface area (Å²) in [5.74, 6) is -5.81. The van der Waals surface area contributed by atoms with E-state index in [1.165, 1.54) is 38.1 Å². The molecule has 5 rings (SSSR count). The molecule has 86 heavy (non-hydrogen) atoms. The lowest BCUT2D eigenvalue weighted by Crippen LogP contribution is -2.54. The number of primary amides is 1. The van der Waals surface area contributed by atoms with Crippen LogP contribution in [-0.4, -0.2) is 162 Å². The standard InChI is InChI=1S/C61H85Br2ClN8O14/c1-34(2)52(70-48(73)23-12-11-15-24-66-54(76)40(32-62)33-63)56(78)69-43(21-17-25-67-59(65)81)55(77)68-42-20-14-13-19-41(42)57(79)71(8)38(6)58(80)85-47-29-49(74)72(9)44-28-39(27-36(4)51(44)64)26-35(3)18-16-22-46(83-10)61(82)30-45(84-50(75)31-61)37(5)53-60(47,7)86-53/h13-14,16,18-20,22,27-28,34,37-38,40,43,45-47,52-53,82H,11-12,15,17,21,23-26,29-33H2,1-10H3,(H,66,76)(H,68,77)(H,69,78)(H,70,73)(H3,65,67,81)/b22-16+,35-18+/t37-,38+,43+,45+,46-,47+,52+,53+,60+,61-/m1/s1. The molecule has 3 aliphatic rings. The Morgan fingerprint density at radius 2 is 1.64 bits per heavy atom. The zero-order valence-corrected chi connectivity index (χ0v) is 54.7. The fourth-order valence-corrected chi connectivity index (χ4v) is 12.5. The summed E-state index contributed by atoms with van der Waals surface area (Å²) in [5.41, 5.74) is 5.19. The maximum Gasteiger partial charge on any atom is 0.328 e. The van der Waals surface area contributed by atoms with E-state index in [9.17, 15) is 48.3 Å². The second kappa shape index (κ2) is 32.3. The molecule has 8 amide bonds. The number of nitrogens with zero attached hydrogens (tertiary/aromatic N) is 2. The first-order valence-electron chi connectivity index (χ1n) is 29.0. The molecule has 0 aromatic heterocycles. The number of rotatable bonds is 24. The largest absolute Gasteiger partial charge is 0.462 e. The number of hydrogen-bond acceptors (Lipinski definition) is 14. The highest BCUT2D eigenvalue weighted by Gasteiger charge is 2.64.